The first-order valence-electron chi connectivity index (χ1n) is 18.6. The van der Waals surface area contributed by atoms with Gasteiger partial charge in [0.2, 0.25) is 15.9 Å². The van der Waals surface area contributed by atoms with Crippen molar-refractivity contribution in [1.82, 2.24) is 14.5 Å². The molecular weight excluding hydrogens is 795 g/mol. The molecule has 3 aliphatic heterocycles. The highest BCUT2D eigenvalue weighted by Gasteiger charge is 2.35. The number of sulfonamides is 1. The maximum atomic E-state index is 14.6. The average Bonchev–Trinajstić information content (AvgIpc) is 3.57. The molecule has 0 unspecified atom stereocenters. The van der Waals surface area contributed by atoms with Gasteiger partial charge in [0.05, 0.1) is 20.8 Å². The van der Waals surface area contributed by atoms with Crippen molar-refractivity contribution < 1.29 is 40.2 Å². The maximum Gasteiger partial charge on any atom is 0.294 e. The van der Waals surface area contributed by atoms with Crippen molar-refractivity contribution in [2.24, 2.45) is 10.9 Å². The minimum absolute atomic E-state index is 0.0772. The van der Waals surface area contributed by atoms with Gasteiger partial charge in [0.1, 0.15) is 18.0 Å². The molecule has 0 radical (unpaired) electrons. The van der Waals surface area contributed by atoms with Crippen molar-refractivity contribution in [1.29, 1.82) is 0 Å². The third kappa shape index (κ3) is 7.90. The van der Waals surface area contributed by atoms with Crippen molar-refractivity contribution in [2.75, 3.05) is 31.7 Å². The Bertz CT molecular complexity index is 2910. The Kier molecular flexibility index (Phi) is 10.5. The molecule has 0 spiro atoms. The number of fused-ring (bicyclic) bond motifs is 2. The molecule has 14 nitrogen and oxygen atoms in total. The first kappa shape index (κ1) is 39.4. The molecule has 16 heteroatoms. The van der Waals surface area contributed by atoms with Gasteiger partial charge in [0, 0.05) is 83.8 Å². The van der Waals surface area contributed by atoms with Gasteiger partial charge in [0.15, 0.2) is 0 Å². The highest BCUT2D eigenvalue weighted by atomic mass is 32.2. The van der Waals surface area contributed by atoms with E-state index in [0.717, 1.165) is 22.7 Å². The van der Waals surface area contributed by atoms with Gasteiger partial charge in [-0.3, -0.25) is 23.8 Å². The Morgan fingerprint density at radius 1 is 0.814 bits per heavy atom. The summed E-state index contributed by atoms with van der Waals surface area (Å²) in [6.07, 6.45) is 2.76. The summed E-state index contributed by atoms with van der Waals surface area (Å²) in [7, 11) is -6.69. The van der Waals surface area contributed by atoms with E-state index in [-0.39, 0.29) is 48.3 Å². The minimum atomic E-state index is -4.37. The van der Waals surface area contributed by atoms with E-state index in [1.807, 2.05) is 65.6 Å². The number of para-hydroxylation sites is 1. The van der Waals surface area contributed by atoms with Gasteiger partial charge < -0.3 is 14.6 Å². The van der Waals surface area contributed by atoms with Crippen LogP contribution >= 0.6 is 0 Å². The number of carbonyl (C=O) groups excluding carboxylic acids is 3. The molecule has 1 fully saturated rings. The molecule has 0 saturated carbocycles. The van der Waals surface area contributed by atoms with E-state index in [2.05, 4.69) is 5.32 Å². The van der Waals surface area contributed by atoms with E-state index in [1.165, 1.54) is 16.4 Å². The van der Waals surface area contributed by atoms with Gasteiger partial charge in [-0.05, 0) is 79.6 Å². The highest BCUT2D eigenvalue weighted by Crippen LogP contribution is 2.44. The number of hydrogen-bond donors (Lipinski definition) is 2. The first-order chi connectivity index (χ1) is 28.3. The van der Waals surface area contributed by atoms with E-state index in [0.29, 0.717) is 50.2 Å². The molecule has 1 aliphatic carbocycles. The van der Waals surface area contributed by atoms with Crippen LogP contribution in [-0.4, -0.2) is 75.1 Å². The highest BCUT2D eigenvalue weighted by molar-refractivity contribution is 7.89. The second-order valence-electron chi connectivity index (χ2n) is 14.1. The van der Waals surface area contributed by atoms with Gasteiger partial charge in [-0.15, -0.1) is 0 Å². The van der Waals surface area contributed by atoms with Crippen LogP contribution in [0.25, 0.3) is 33.4 Å². The lowest BCUT2D eigenvalue weighted by Gasteiger charge is -2.31. The smallest absolute Gasteiger partial charge is 0.294 e. The second-order valence-corrected chi connectivity index (χ2v) is 17.5. The lowest BCUT2D eigenvalue weighted by atomic mass is 9.93. The number of rotatable bonds is 10. The molecule has 4 aromatic carbocycles. The molecule has 4 aromatic rings. The summed E-state index contributed by atoms with van der Waals surface area (Å²) >= 11 is 0. The van der Waals surface area contributed by atoms with Crippen LogP contribution in [0.4, 0.5) is 17.1 Å². The fourth-order valence-electron chi connectivity index (χ4n) is 7.36. The molecule has 59 heavy (non-hydrogen) atoms. The zero-order chi connectivity index (χ0) is 41.5. The molecule has 0 aromatic heterocycles. The number of carbonyl (C=O) groups is 3. The van der Waals surface area contributed by atoms with Crippen molar-refractivity contribution in [3.8, 4) is 22.5 Å². The predicted octanol–water partition coefficient (Wildman–Crippen LogP) is 5.85. The number of benzene rings is 5. The van der Waals surface area contributed by atoms with Crippen molar-refractivity contribution in [3.63, 3.8) is 0 Å². The fourth-order valence-corrected chi connectivity index (χ4v) is 9.51. The molecule has 1 saturated heterocycles. The van der Waals surface area contributed by atoms with Crippen LogP contribution in [0.3, 0.4) is 0 Å². The number of hydrogen-bond acceptors (Lipinski definition) is 10. The SMILES string of the molecule is CN(c1ccc(S(=O)(=O)O)cc1)c1ccc2c(-c3ccccc3S(=O)(=O)N3CCC(C(=O)NCN4C(=O)C=CC4=O)CC3)c3ccc(=Nc4ccccc4)cc-3oc2c1. The van der Waals surface area contributed by atoms with Gasteiger partial charge in [-0.1, -0.05) is 36.4 Å². The standard InChI is InChI=1S/C43H37N5O9S2/c1-46(31-12-15-33(16-13-31)59(54,55)56)32-14-18-35-38(26-32)57-37-25-30(45-29-7-3-2-4-8-29)11-17-34(37)42(35)36-9-5-6-10-39(36)58(52,53)47-23-21-28(22-24-47)43(51)44-27-48-40(49)19-20-41(48)50/h2-20,25-26,28H,21-24,27H2,1H3,(H,44,51)(H,54,55,56). The summed E-state index contributed by atoms with van der Waals surface area (Å²) in [5.41, 5.74) is 4.20. The normalized spacial score (nSPS) is 15.7. The summed E-state index contributed by atoms with van der Waals surface area (Å²) in [6.45, 7) is -0.103. The van der Waals surface area contributed by atoms with Gasteiger partial charge in [-0.25, -0.2) is 13.4 Å². The zero-order valence-corrected chi connectivity index (χ0v) is 33.2. The van der Waals surface area contributed by atoms with Crippen LogP contribution in [0, 0.1) is 5.92 Å². The number of nitrogens with zero attached hydrogens (tertiary/aromatic N) is 4. The summed E-state index contributed by atoms with van der Waals surface area (Å²) < 4.78 is 69.9. The lowest BCUT2D eigenvalue weighted by Crippen LogP contribution is -2.46. The third-order valence-corrected chi connectivity index (χ3v) is 13.3. The Hall–Kier alpha value is -6.46. The first-order valence-corrected chi connectivity index (χ1v) is 21.5. The number of nitrogens with one attached hydrogen (secondary N) is 1. The van der Waals surface area contributed by atoms with E-state index < -0.39 is 37.9 Å². The Labute approximate surface area is 339 Å². The molecule has 4 aliphatic rings. The quantitative estimate of drug-likeness (QED) is 0.0964. The second kappa shape index (κ2) is 15.7. The maximum absolute atomic E-state index is 14.6. The molecular formula is C43H37N5O9S2. The number of amides is 3. The zero-order valence-electron chi connectivity index (χ0n) is 31.6. The molecule has 8 rings (SSSR count). The minimum Gasteiger partial charge on any atom is -0.456 e. The molecule has 300 valence electrons. The van der Waals surface area contributed by atoms with Gasteiger partial charge in [0.25, 0.3) is 21.9 Å². The van der Waals surface area contributed by atoms with Crippen molar-refractivity contribution in [2.45, 2.75) is 22.6 Å². The summed E-state index contributed by atoms with van der Waals surface area (Å²) in [5.74, 6) is -1.44. The van der Waals surface area contributed by atoms with Crippen LogP contribution in [0.15, 0.2) is 147 Å². The van der Waals surface area contributed by atoms with Crippen molar-refractivity contribution >= 4 is 65.9 Å². The predicted molar refractivity (Wildman–Crippen MR) is 220 cm³/mol. The van der Waals surface area contributed by atoms with Crippen LogP contribution in [0.2, 0.25) is 0 Å². The molecule has 0 atom stereocenters. The largest absolute Gasteiger partial charge is 0.456 e. The van der Waals surface area contributed by atoms with Gasteiger partial charge in [-0.2, -0.15) is 12.7 Å². The summed E-state index contributed by atoms with van der Waals surface area (Å²) in [4.78, 5) is 44.2. The van der Waals surface area contributed by atoms with Crippen LogP contribution in [0.1, 0.15) is 12.8 Å². The van der Waals surface area contributed by atoms with E-state index in [1.54, 1.807) is 49.5 Å². The van der Waals surface area contributed by atoms with Crippen LogP contribution < -0.4 is 15.6 Å². The van der Waals surface area contributed by atoms with Crippen molar-refractivity contribution in [3.05, 3.63) is 133 Å². The molecule has 3 heterocycles. The monoisotopic (exact) mass is 831 g/mol. The fraction of sp³-hybridized carbons (Fsp3) is 0.163. The van der Waals surface area contributed by atoms with E-state index >= 15 is 0 Å². The van der Waals surface area contributed by atoms with Crippen LogP contribution in [-0.2, 0) is 34.5 Å². The molecule has 0 bridgehead atoms. The Morgan fingerprint density at radius 2 is 1.47 bits per heavy atom. The number of imide groups is 1. The van der Waals surface area contributed by atoms with Crippen LogP contribution in [0.5, 0.6) is 0 Å². The van der Waals surface area contributed by atoms with Gasteiger partial charge >= 0.3 is 0 Å². The number of anilines is 2. The summed E-state index contributed by atoms with van der Waals surface area (Å²) in [5, 5.41) is 3.89. The Balaban J connectivity index is 1.16. The molecule has 2 N–H and O–H groups in total. The Morgan fingerprint density at radius 3 is 2.17 bits per heavy atom. The summed E-state index contributed by atoms with van der Waals surface area (Å²) in [6, 6.07) is 33.0. The number of piperidine rings is 1. The van der Waals surface area contributed by atoms with E-state index in [9.17, 15) is 35.8 Å². The average molecular weight is 832 g/mol. The lowest BCUT2D eigenvalue weighted by molar-refractivity contribution is -0.138. The van der Waals surface area contributed by atoms with E-state index in [4.69, 9.17) is 9.41 Å². The topological polar surface area (TPSA) is 187 Å². The molecule has 3 amide bonds. The third-order valence-electron chi connectivity index (χ3n) is 10.5.